The Balaban J connectivity index is 2.04. The number of aromatic hydroxyl groups is 1. The van der Waals surface area contributed by atoms with Crippen molar-refractivity contribution in [2.75, 3.05) is 20.7 Å². The van der Waals surface area contributed by atoms with Gasteiger partial charge in [0, 0.05) is 11.0 Å². The van der Waals surface area contributed by atoms with E-state index >= 15 is 0 Å². The molecule has 1 aromatic rings. The molecule has 0 amide bonds. The fourth-order valence-corrected chi connectivity index (χ4v) is 4.26. The molecule has 1 heterocycles. The second-order valence-corrected chi connectivity index (χ2v) is 6.02. The maximum atomic E-state index is 12.4. The van der Waals surface area contributed by atoms with Crippen LogP contribution in [0.1, 0.15) is 17.5 Å². The lowest BCUT2D eigenvalue weighted by atomic mass is 9.67. The molecule has 4 heteroatoms. The van der Waals surface area contributed by atoms with Crippen LogP contribution in [0.2, 0.25) is 0 Å². The van der Waals surface area contributed by atoms with E-state index in [1.165, 1.54) is 0 Å². The second-order valence-electron chi connectivity index (χ2n) is 6.02. The maximum Gasteiger partial charge on any atom is 0.174 e. The number of ether oxygens (including phenoxy) is 1. The number of rotatable bonds is 1. The Hall–Kier alpha value is -2.07. The molecular formula is C17H17NO3. The number of hydrogen-bond acceptors (Lipinski definition) is 4. The van der Waals surface area contributed by atoms with Crippen molar-refractivity contribution in [2.24, 2.45) is 0 Å². The summed E-state index contributed by atoms with van der Waals surface area (Å²) in [5.74, 6) is 0.760. The fraction of sp³-hybridized carbons (Fsp3) is 0.353. The molecule has 1 aromatic carbocycles. The zero-order valence-corrected chi connectivity index (χ0v) is 12.1. The highest BCUT2D eigenvalue weighted by atomic mass is 16.5. The number of nitrogens with zero attached hydrogens (tertiary/aromatic N) is 1. The molecule has 2 aliphatic carbocycles. The molecule has 2 atom stereocenters. The minimum atomic E-state index is -0.422. The smallest absolute Gasteiger partial charge is 0.174 e. The normalized spacial score (nSPS) is 29.9. The number of phenolic OH excluding ortho intramolecular Hbond substituents is 1. The molecular weight excluding hydrogens is 266 g/mol. The number of methoxy groups -OCH3 is 1. The lowest BCUT2D eigenvalue weighted by Gasteiger charge is -2.37. The van der Waals surface area contributed by atoms with Gasteiger partial charge >= 0.3 is 0 Å². The van der Waals surface area contributed by atoms with E-state index in [4.69, 9.17) is 4.74 Å². The van der Waals surface area contributed by atoms with Crippen LogP contribution < -0.4 is 4.74 Å². The highest BCUT2D eigenvalue weighted by molar-refractivity contribution is 6.03. The average molecular weight is 283 g/mol. The molecule has 21 heavy (non-hydrogen) atoms. The molecule has 108 valence electrons. The highest BCUT2D eigenvalue weighted by Crippen LogP contribution is 2.56. The Morgan fingerprint density at radius 2 is 2.19 bits per heavy atom. The second kappa shape index (κ2) is 3.98. The number of fused-ring (bicyclic) bond motifs is 1. The molecule has 0 radical (unpaired) electrons. The van der Waals surface area contributed by atoms with Crippen molar-refractivity contribution < 1.29 is 14.6 Å². The van der Waals surface area contributed by atoms with Crippen LogP contribution in [-0.2, 0) is 10.2 Å². The van der Waals surface area contributed by atoms with Crippen LogP contribution in [0.5, 0.6) is 11.5 Å². The zero-order valence-electron chi connectivity index (χ0n) is 12.1. The summed E-state index contributed by atoms with van der Waals surface area (Å²) >= 11 is 0. The van der Waals surface area contributed by atoms with Crippen LogP contribution in [0.25, 0.3) is 6.08 Å². The molecule has 4 nitrogen and oxygen atoms in total. The van der Waals surface area contributed by atoms with Crippen molar-refractivity contribution >= 4 is 11.9 Å². The third kappa shape index (κ3) is 1.36. The maximum absolute atomic E-state index is 12.4. The van der Waals surface area contributed by atoms with Crippen molar-refractivity contribution in [1.29, 1.82) is 0 Å². The van der Waals surface area contributed by atoms with Gasteiger partial charge < -0.3 is 9.84 Å². The Bertz CT molecular complexity index is 719. The van der Waals surface area contributed by atoms with Gasteiger partial charge in [0.25, 0.3) is 0 Å². The minimum Gasteiger partial charge on any atom is -0.504 e. The summed E-state index contributed by atoms with van der Waals surface area (Å²) in [5, 5.41) is 10.7. The van der Waals surface area contributed by atoms with Crippen molar-refractivity contribution in [3.05, 3.63) is 41.0 Å². The van der Waals surface area contributed by atoms with Gasteiger partial charge in [0.15, 0.2) is 17.3 Å². The van der Waals surface area contributed by atoms with E-state index in [0.29, 0.717) is 5.75 Å². The number of carbonyl (C=O) groups excluding carboxylic acids is 1. The van der Waals surface area contributed by atoms with Crippen molar-refractivity contribution in [2.45, 2.75) is 17.9 Å². The summed E-state index contributed by atoms with van der Waals surface area (Å²) in [6.07, 6.45) is 6.56. The molecule has 0 saturated carbocycles. The van der Waals surface area contributed by atoms with Crippen LogP contribution in [0, 0.1) is 0 Å². The summed E-state index contributed by atoms with van der Waals surface area (Å²) in [4.78, 5) is 14.5. The van der Waals surface area contributed by atoms with E-state index in [1.54, 1.807) is 19.3 Å². The van der Waals surface area contributed by atoms with Gasteiger partial charge in [-0.1, -0.05) is 18.2 Å². The van der Waals surface area contributed by atoms with Gasteiger partial charge in [-0.15, -0.1) is 0 Å². The molecule has 1 fully saturated rings. The largest absolute Gasteiger partial charge is 0.504 e. The van der Waals surface area contributed by atoms with Crippen molar-refractivity contribution in [3.8, 4) is 11.5 Å². The quantitative estimate of drug-likeness (QED) is 0.855. The third-order valence-corrected chi connectivity index (χ3v) is 5.13. The standard InChI is InChI=1S/C17H17NO3/c1-18-8-7-17-11(9-12(19)16(17)18)5-3-10-4-6-13(21-2)15(20)14(10)17/h3-6,9,16,20H,7-8H2,1-2H3/t16-,17+/m0/s1. The number of hydrogen-bond donors (Lipinski definition) is 1. The molecule has 3 aliphatic rings. The van der Waals surface area contributed by atoms with Crippen LogP contribution in [0.4, 0.5) is 0 Å². The van der Waals surface area contributed by atoms with Crippen LogP contribution in [0.3, 0.4) is 0 Å². The Kier molecular flexibility index (Phi) is 2.40. The number of benzene rings is 1. The SMILES string of the molecule is COc1ccc2c(c1O)[C@]13CCN(C)[C@H]1C(=O)C=C3C=C2. The number of carbonyl (C=O) groups is 1. The van der Waals surface area contributed by atoms with E-state index in [1.807, 2.05) is 25.3 Å². The predicted octanol–water partition coefficient (Wildman–Crippen LogP) is 1.88. The number of allylic oxidation sites excluding steroid dienone is 1. The van der Waals surface area contributed by atoms with E-state index in [0.717, 1.165) is 29.7 Å². The molecule has 0 aromatic heterocycles. The first-order valence-corrected chi connectivity index (χ1v) is 7.14. The van der Waals surface area contributed by atoms with E-state index in [-0.39, 0.29) is 17.6 Å². The fourth-order valence-electron chi connectivity index (χ4n) is 4.26. The molecule has 1 spiro atoms. The summed E-state index contributed by atoms with van der Waals surface area (Å²) < 4.78 is 5.27. The number of likely N-dealkylation sites (N-methyl/N-ethyl adjacent to an activating group) is 1. The van der Waals surface area contributed by atoms with E-state index in [2.05, 4.69) is 4.90 Å². The summed E-state index contributed by atoms with van der Waals surface area (Å²) in [7, 11) is 3.52. The first-order valence-electron chi connectivity index (χ1n) is 7.14. The Morgan fingerprint density at radius 1 is 1.38 bits per heavy atom. The van der Waals surface area contributed by atoms with Gasteiger partial charge in [-0.2, -0.15) is 0 Å². The van der Waals surface area contributed by atoms with Gasteiger partial charge in [-0.05, 0) is 43.3 Å². The van der Waals surface area contributed by atoms with Crippen LogP contribution in [0.15, 0.2) is 29.9 Å². The topological polar surface area (TPSA) is 49.8 Å². The third-order valence-electron chi connectivity index (χ3n) is 5.13. The first-order chi connectivity index (χ1) is 10.1. The molecule has 0 unspecified atom stereocenters. The minimum absolute atomic E-state index is 0.129. The monoisotopic (exact) mass is 283 g/mol. The number of likely N-dealkylation sites (tertiary alicyclic amines) is 1. The van der Waals surface area contributed by atoms with Gasteiger partial charge in [-0.25, -0.2) is 0 Å². The number of ketones is 1. The number of phenols is 1. The molecule has 1 N–H and O–H groups in total. The highest BCUT2D eigenvalue weighted by Gasteiger charge is 2.58. The van der Waals surface area contributed by atoms with Gasteiger partial charge in [0.2, 0.25) is 0 Å². The molecule has 1 aliphatic heterocycles. The van der Waals surface area contributed by atoms with Crippen LogP contribution >= 0.6 is 0 Å². The van der Waals surface area contributed by atoms with E-state index in [9.17, 15) is 9.90 Å². The summed E-state index contributed by atoms with van der Waals surface area (Å²) in [6.45, 7) is 0.845. The first kappa shape index (κ1) is 12.7. The average Bonchev–Trinajstić information content (AvgIpc) is 2.95. The van der Waals surface area contributed by atoms with Crippen molar-refractivity contribution in [1.82, 2.24) is 4.90 Å². The Labute approximate surface area is 123 Å². The zero-order chi connectivity index (χ0) is 14.8. The lowest BCUT2D eigenvalue weighted by molar-refractivity contribution is -0.118. The Morgan fingerprint density at radius 3 is 2.95 bits per heavy atom. The van der Waals surface area contributed by atoms with Crippen LogP contribution in [-0.4, -0.2) is 42.5 Å². The molecule has 4 rings (SSSR count). The van der Waals surface area contributed by atoms with Gasteiger partial charge in [-0.3, -0.25) is 9.69 Å². The summed E-state index contributed by atoms with van der Waals surface area (Å²) in [5.41, 5.74) is 2.41. The van der Waals surface area contributed by atoms with Gasteiger partial charge in [0.1, 0.15) is 0 Å². The molecule has 0 bridgehead atoms. The lowest BCUT2D eigenvalue weighted by Crippen LogP contribution is -2.43. The van der Waals surface area contributed by atoms with Gasteiger partial charge in [0.05, 0.1) is 13.2 Å². The van der Waals surface area contributed by atoms with Crippen molar-refractivity contribution in [3.63, 3.8) is 0 Å². The molecule has 1 saturated heterocycles. The van der Waals surface area contributed by atoms with E-state index < -0.39 is 5.41 Å². The predicted molar refractivity (Wildman–Crippen MR) is 79.5 cm³/mol. The summed E-state index contributed by atoms with van der Waals surface area (Å²) in [6, 6.07) is 3.51.